The van der Waals surface area contributed by atoms with Crippen molar-refractivity contribution in [1.82, 2.24) is 0 Å². The highest BCUT2D eigenvalue weighted by molar-refractivity contribution is 6.35. The van der Waals surface area contributed by atoms with Gasteiger partial charge in [-0.3, -0.25) is 0 Å². The van der Waals surface area contributed by atoms with Gasteiger partial charge in [0.1, 0.15) is 18.2 Å². The maximum absolute atomic E-state index is 13.8. The molecule has 0 heterocycles. The predicted octanol–water partition coefficient (Wildman–Crippen LogP) is 4.79. The van der Waals surface area contributed by atoms with Crippen LogP contribution in [0.25, 0.3) is 10.8 Å². The van der Waals surface area contributed by atoms with E-state index in [9.17, 15) is 4.39 Å². The van der Waals surface area contributed by atoms with Gasteiger partial charge in [0.15, 0.2) is 0 Å². The Morgan fingerprint density at radius 2 is 1.76 bits per heavy atom. The SMILES string of the molecule is Nc1ccc(COc2ccc(Cl)c3ccccc23)c(F)c1. The van der Waals surface area contributed by atoms with Crippen molar-refractivity contribution in [2.75, 3.05) is 5.73 Å². The Morgan fingerprint density at radius 1 is 1.00 bits per heavy atom. The van der Waals surface area contributed by atoms with Gasteiger partial charge in [-0.2, -0.15) is 0 Å². The van der Waals surface area contributed by atoms with Crippen molar-refractivity contribution in [3.05, 3.63) is 71.0 Å². The third-order valence-corrected chi connectivity index (χ3v) is 3.62. The zero-order valence-electron chi connectivity index (χ0n) is 11.1. The number of nitrogens with two attached hydrogens (primary N) is 1. The average Bonchev–Trinajstić information content (AvgIpc) is 2.48. The molecule has 0 spiro atoms. The van der Waals surface area contributed by atoms with Crippen LogP contribution in [0.3, 0.4) is 0 Å². The fourth-order valence-corrected chi connectivity index (χ4v) is 2.42. The van der Waals surface area contributed by atoms with E-state index in [2.05, 4.69) is 0 Å². The summed E-state index contributed by atoms with van der Waals surface area (Å²) in [5.74, 6) is 0.305. The molecule has 0 aliphatic rings. The molecule has 0 saturated carbocycles. The van der Waals surface area contributed by atoms with Crippen molar-refractivity contribution in [2.45, 2.75) is 6.61 Å². The fourth-order valence-electron chi connectivity index (χ4n) is 2.20. The normalized spacial score (nSPS) is 10.8. The topological polar surface area (TPSA) is 35.2 Å². The number of fused-ring (bicyclic) bond motifs is 1. The lowest BCUT2D eigenvalue weighted by Crippen LogP contribution is -2.00. The van der Waals surface area contributed by atoms with E-state index in [0.717, 1.165) is 10.8 Å². The van der Waals surface area contributed by atoms with Crippen LogP contribution < -0.4 is 10.5 Å². The van der Waals surface area contributed by atoms with Crippen molar-refractivity contribution < 1.29 is 9.13 Å². The molecule has 0 saturated heterocycles. The molecule has 3 aromatic carbocycles. The summed E-state index contributed by atoms with van der Waals surface area (Å²) in [7, 11) is 0. The molecule has 0 aromatic heterocycles. The first kappa shape index (κ1) is 13.7. The molecule has 2 N–H and O–H groups in total. The number of benzene rings is 3. The second-order valence-electron chi connectivity index (χ2n) is 4.73. The highest BCUT2D eigenvalue weighted by Crippen LogP contribution is 2.31. The number of ether oxygens (including phenoxy) is 1. The Labute approximate surface area is 126 Å². The van der Waals surface area contributed by atoms with Crippen LogP contribution in [0, 0.1) is 5.82 Å². The van der Waals surface area contributed by atoms with Gasteiger partial charge in [0.25, 0.3) is 0 Å². The van der Waals surface area contributed by atoms with Gasteiger partial charge in [-0.15, -0.1) is 0 Å². The summed E-state index contributed by atoms with van der Waals surface area (Å²) in [5.41, 5.74) is 6.39. The standard InChI is InChI=1S/C17H13ClFNO/c18-15-7-8-17(14-4-2-1-3-13(14)15)21-10-11-5-6-12(20)9-16(11)19/h1-9H,10,20H2. The van der Waals surface area contributed by atoms with Gasteiger partial charge in [0.2, 0.25) is 0 Å². The van der Waals surface area contributed by atoms with Gasteiger partial charge < -0.3 is 10.5 Å². The van der Waals surface area contributed by atoms with E-state index >= 15 is 0 Å². The summed E-state index contributed by atoms with van der Waals surface area (Å²) in [6.07, 6.45) is 0. The molecule has 0 amide bonds. The van der Waals surface area contributed by atoms with Crippen LogP contribution in [-0.4, -0.2) is 0 Å². The van der Waals surface area contributed by atoms with E-state index < -0.39 is 0 Å². The molecule has 0 unspecified atom stereocenters. The van der Waals surface area contributed by atoms with Gasteiger partial charge in [-0.25, -0.2) is 4.39 Å². The van der Waals surface area contributed by atoms with Crippen molar-refractivity contribution in [1.29, 1.82) is 0 Å². The molecule has 3 aromatic rings. The summed E-state index contributed by atoms with van der Waals surface area (Å²) >= 11 is 6.16. The first-order valence-corrected chi connectivity index (χ1v) is 6.87. The Bertz CT molecular complexity index is 804. The Balaban J connectivity index is 1.90. The van der Waals surface area contributed by atoms with Crippen molar-refractivity contribution in [3.8, 4) is 5.75 Å². The summed E-state index contributed by atoms with van der Waals surface area (Å²) in [5, 5.41) is 2.48. The molecule has 0 radical (unpaired) electrons. The van der Waals surface area contributed by atoms with Crippen molar-refractivity contribution in [3.63, 3.8) is 0 Å². The maximum atomic E-state index is 13.8. The summed E-state index contributed by atoms with van der Waals surface area (Å²) < 4.78 is 19.5. The van der Waals surface area contributed by atoms with E-state index in [-0.39, 0.29) is 12.4 Å². The molecule has 106 valence electrons. The molecule has 0 aliphatic heterocycles. The Morgan fingerprint density at radius 3 is 2.52 bits per heavy atom. The molecule has 4 heteroatoms. The maximum Gasteiger partial charge on any atom is 0.131 e. The number of hydrogen-bond donors (Lipinski definition) is 1. The van der Waals surface area contributed by atoms with E-state index in [0.29, 0.717) is 22.0 Å². The molecule has 0 atom stereocenters. The molecule has 3 rings (SSSR count). The van der Waals surface area contributed by atoms with E-state index in [1.807, 2.05) is 24.3 Å². The van der Waals surface area contributed by atoms with Crippen LogP contribution in [0.4, 0.5) is 10.1 Å². The minimum absolute atomic E-state index is 0.137. The minimum Gasteiger partial charge on any atom is -0.488 e. The molecule has 21 heavy (non-hydrogen) atoms. The molecular formula is C17H13ClFNO. The van der Waals surface area contributed by atoms with E-state index in [1.54, 1.807) is 24.3 Å². The van der Waals surface area contributed by atoms with Crippen LogP contribution >= 0.6 is 11.6 Å². The van der Waals surface area contributed by atoms with Gasteiger partial charge in [-0.05, 0) is 24.3 Å². The highest BCUT2D eigenvalue weighted by atomic mass is 35.5. The molecule has 0 fully saturated rings. The van der Waals surface area contributed by atoms with E-state index in [4.69, 9.17) is 22.1 Å². The molecular weight excluding hydrogens is 289 g/mol. The lowest BCUT2D eigenvalue weighted by molar-refractivity contribution is 0.303. The van der Waals surface area contributed by atoms with Gasteiger partial charge in [-0.1, -0.05) is 41.9 Å². The van der Waals surface area contributed by atoms with Gasteiger partial charge in [0, 0.05) is 27.0 Å². The number of anilines is 1. The first-order valence-electron chi connectivity index (χ1n) is 6.49. The van der Waals surface area contributed by atoms with Gasteiger partial charge >= 0.3 is 0 Å². The second-order valence-corrected chi connectivity index (χ2v) is 5.14. The van der Waals surface area contributed by atoms with Crippen molar-refractivity contribution >= 4 is 28.1 Å². The summed E-state index contributed by atoms with van der Waals surface area (Å²) in [6.45, 7) is 0.137. The van der Waals surface area contributed by atoms with E-state index in [1.165, 1.54) is 6.07 Å². The van der Waals surface area contributed by atoms with Crippen LogP contribution in [0.2, 0.25) is 5.02 Å². The van der Waals surface area contributed by atoms with Crippen LogP contribution in [0.15, 0.2) is 54.6 Å². The van der Waals surface area contributed by atoms with Gasteiger partial charge in [0.05, 0.1) is 0 Å². The number of rotatable bonds is 3. The average molecular weight is 302 g/mol. The first-order chi connectivity index (χ1) is 10.1. The molecule has 0 aliphatic carbocycles. The number of halogens is 2. The van der Waals surface area contributed by atoms with Crippen LogP contribution in [0.1, 0.15) is 5.56 Å². The largest absolute Gasteiger partial charge is 0.488 e. The predicted molar refractivity (Wildman–Crippen MR) is 84.1 cm³/mol. The quantitative estimate of drug-likeness (QED) is 0.706. The second kappa shape index (κ2) is 5.62. The number of hydrogen-bond acceptors (Lipinski definition) is 2. The lowest BCUT2D eigenvalue weighted by Gasteiger charge is -2.11. The summed E-state index contributed by atoms with van der Waals surface area (Å²) in [6, 6.07) is 15.8. The smallest absolute Gasteiger partial charge is 0.131 e. The lowest BCUT2D eigenvalue weighted by atomic mass is 10.1. The molecule has 0 bridgehead atoms. The van der Waals surface area contributed by atoms with Crippen molar-refractivity contribution in [2.24, 2.45) is 0 Å². The third kappa shape index (κ3) is 2.78. The van der Waals surface area contributed by atoms with Crippen LogP contribution in [-0.2, 0) is 6.61 Å². The fraction of sp³-hybridized carbons (Fsp3) is 0.0588. The third-order valence-electron chi connectivity index (χ3n) is 3.29. The summed E-state index contributed by atoms with van der Waals surface area (Å²) in [4.78, 5) is 0. The zero-order valence-corrected chi connectivity index (χ0v) is 11.9. The van der Waals surface area contributed by atoms with Crippen LogP contribution in [0.5, 0.6) is 5.75 Å². The number of nitrogen functional groups attached to an aromatic ring is 1. The minimum atomic E-state index is -0.367. The highest BCUT2D eigenvalue weighted by Gasteiger charge is 2.07. The Kier molecular flexibility index (Phi) is 3.67. The zero-order chi connectivity index (χ0) is 14.8. The Hall–Kier alpha value is -2.26. The molecule has 2 nitrogen and oxygen atoms in total. The monoisotopic (exact) mass is 301 g/mol.